The van der Waals surface area contributed by atoms with Gasteiger partial charge in [-0.05, 0) is 25.0 Å². The molecule has 0 aromatic heterocycles. The minimum absolute atomic E-state index is 0.0250. The Balaban J connectivity index is 1.35. The maximum Gasteiger partial charge on any atom is 0.324 e. The van der Waals surface area contributed by atoms with E-state index in [0.717, 1.165) is 29.9 Å². The van der Waals surface area contributed by atoms with E-state index in [1.54, 1.807) is 7.11 Å². The Morgan fingerprint density at radius 2 is 2.08 bits per heavy atom. The van der Waals surface area contributed by atoms with Crippen LogP contribution in [0, 0.1) is 0 Å². The summed E-state index contributed by atoms with van der Waals surface area (Å²) in [5.74, 6) is 2.22. The van der Waals surface area contributed by atoms with Gasteiger partial charge in [-0.15, -0.1) is 0 Å². The maximum absolute atomic E-state index is 11.8. The molecule has 7 heteroatoms. The predicted molar refractivity (Wildman–Crippen MR) is 87.1 cm³/mol. The van der Waals surface area contributed by atoms with Gasteiger partial charge in [0.1, 0.15) is 11.9 Å². The monoisotopic (exact) mass is 344 g/mol. The molecule has 2 aliphatic carbocycles. The van der Waals surface area contributed by atoms with Crippen LogP contribution in [0.3, 0.4) is 0 Å². The molecule has 1 N–H and O–H groups in total. The van der Waals surface area contributed by atoms with E-state index in [1.165, 1.54) is 4.90 Å². The highest BCUT2D eigenvalue weighted by Gasteiger charge is 2.54. The molecule has 7 nitrogen and oxygen atoms in total. The highest BCUT2D eigenvalue weighted by molar-refractivity contribution is 6.02. The summed E-state index contributed by atoms with van der Waals surface area (Å²) in [5.41, 5.74) is 1.22. The van der Waals surface area contributed by atoms with E-state index in [1.807, 2.05) is 12.1 Å². The summed E-state index contributed by atoms with van der Waals surface area (Å²) in [6.07, 6.45) is 3.50. The van der Waals surface area contributed by atoms with Crippen molar-refractivity contribution in [1.29, 1.82) is 0 Å². The van der Waals surface area contributed by atoms with Crippen LogP contribution in [0.4, 0.5) is 4.79 Å². The van der Waals surface area contributed by atoms with Crippen molar-refractivity contribution in [2.75, 3.05) is 20.3 Å². The van der Waals surface area contributed by atoms with Gasteiger partial charge in [0.15, 0.2) is 11.5 Å². The molecule has 2 saturated carbocycles. The zero-order chi connectivity index (χ0) is 17.2. The number of urea groups is 1. The number of fused-ring (bicyclic) bond motifs is 2. The van der Waals surface area contributed by atoms with E-state index in [-0.39, 0.29) is 36.0 Å². The summed E-state index contributed by atoms with van der Waals surface area (Å²) in [4.78, 5) is 24.9. The number of rotatable bonds is 4. The van der Waals surface area contributed by atoms with Crippen LogP contribution in [-0.2, 0) is 10.2 Å². The minimum atomic E-state index is -0.294. The zero-order valence-corrected chi connectivity index (χ0v) is 14.0. The van der Waals surface area contributed by atoms with Crippen LogP contribution in [0.2, 0.25) is 0 Å². The quantitative estimate of drug-likeness (QED) is 0.839. The van der Waals surface area contributed by atoms with Crippen molar-refractivity contribution in [2.24, 2.45) is 0 Å². The summed E-state index contributed by atoms with van der Waals surface area (Å²) < 4.78 is 17.6. The van der Waals surface area contributed by atoms with Crippen molar-refractivity contribution in [3.63, 3.8) is 0 Å². The van der Waals surface area contributed by atoms with Crippen LogP contribution in [-0.4, -0.2) is 49.2 Å². The Kier molecular flexibility index (Phi) is 2.99. The van der Waals surface area contributed by atoms with Crippen molar-refractivity contribution in [1.82, 2.24) is 10.2 Å². The molecule has 0 bridgehead atoms. The molecular formula is C18H20N2O5. The number of ether oxygens (including phenoxy) is 3. The molecule has 3 fully saturated rings. The number of nitrogens with zero attached hydrogens (tertiary/aromatic N) is 1. The molecule has 1 spiro atoms. The van der Waals surface area contributed by atoms with Gasteiger partial charge in [-0.25, -0.2) is 4.79 Å². The van der Waals surface area contributed by atoms with Crippen molar-refractivity contribution in [3.05, 3.63) is 17.7 Å². The third-order valence-electron chi connectivity index (χ3n) is 5.79. The molecule has 25 heavy (non-hydrogen) atoms. The highest BCUT2D eigenvalue weighted by Crippen LogP contribution is 2.60. The zero-order valence-electron chi connectivity index (χ0n) is 14.0. The van der Waals surface area contributed by atoms with Gasteiger partial charge >= 0.3 is 6.03 Å². The molecule has 2 heterocycles. The van der Waals surface area contributed by atoms with E-state index in [2.05, 4.69) is 5.32 Å². The Morgan fingerprint density at radius 1 is 1.28 bits per heavy atom. The van der Waals surface area contributed by atoms with Gasteiger partial charge in [-0.1, -0.05) is 0 Å². The first-order valence-electron chi connectivity index (χ1n) is 8.72. The van der Waals surface area contributed by atoms with Gasteiger partial charge in [0.05, 0.1) is 20.3 Å². The van der Waals surface area contributed by atoms with Gasteiger partial charge in [0.25, 0.3) is 0 Å². The van der Waals surface area contributed by atoms with Gasteiger partial charge in [0, 0.05) is 29.9 Å². The second kappa shape index (κ2) is 5.03. The molecule has 5 rings (SSSR count). The third-order valence-corrected chi connectivity index (χ3v) is 5.79. The highest BCUT2D eigenvalue weighted by atomic mass is 16.5. The molecule has 0 unspecified atom stereocenters. The SMILES string of the molecule is COc1ccc2c(c1OC1CC(N3C(=O)CNC3=O)C1)C1(CC1)CO2. The molecule has 132 valence electrons. The van der Waals surface area contributed by atoms with Crippen LogP contribution in [0.1, 0.15) is 31.2 Å². The number of benzene rings is 1. The Hall–Kier alpha value is -2.44. The fourth-order valence-corrected chi connectivity index (χ4v) is 4.09. The average Bonchev–Trinajstić information content (AvgIpc) is 3.16. The standard InChI is InChI=1S/C18H20N2O5/c1-23-13-3-2-12-15(18(4-5-18)9-24-12)16(13)25-11-6-10(7-11)20-14(21)8-19-17(20)22/h2-3,10-11H,4-9H2,1H3,(H,19,22). The number of imide groups is 1. The van der Waals surface area contributed by atoms with E-state index < -0.39 is 0 Å². The van der Waals surface area contributed by atoms with Crippen LogP contribution < -0.4 is 19.5 Å². The van der Waals surface area contributed by atoms with Crippen LogP contribution in [0.5, 0.6) is 17.2 Å². The summed E-state index contributed by atoms with van der Waals surface area (Å²) in [5, 5.41) is 2.56. The normalized spacial score (nSPS) is 28.3. The summed E-state index contributed by atoms with van der Waals surface area (Å²) in [7, 11) is 1.64. The van der Waals surface area contributed by atoms with E-state index >= 15 is 0 Å². The Bertz CT molecular complexity index is 751. The van der Waals surface area contributed by atoms with Crippen LogP contribution in [0.15, 0.2) is 12.1 Å². The molecule has 1 aromatic carbocycles. The first kappa shape index (κ1) is 14.9. The summed E-state index contributed by atoms with van der Waals surface area (Å²) in [6, 6.07) is 3.46. The minimum Gasteiger partial charge on any atom is -0.493 e. The molecule has 0 radical (unpaired) electrons. The molecule has 1 saturated heterocycles. The van der Waals surface area contributed by atoms with Crippen molar-refractivity contribution >= 4 is 11.9 Å². The van der Waals surface area contributed by atoms with Crippen LogP contribution >= 0.6 is 0 Å². The Labute approximate surface area is 145 Å². The van der Waals surface area contributed by atoms with Crippen molar-refractivity contribution in [2.45, 2.75) is 43.2 Å². The van der Waals surface area contributed by atoms with E-state index in [4.69, 9.17) is 14.2 Å². The molecular weight excluding hydrogens is 324 g/mol. The molecule has 2 aliphatic heterocycles. The number of amides is 3. The lowest BCUT2D eigenvalue weighted by molar-refractivity contribution is -0.129. The molecule has 0 atom stereocenters. The number of carbonyl (C=O) groups is 2. The first-order valence-corrected chi connectivity index (χ1v) is 8.72. The smallest absolute Gasteiger partial charge is 0.324 e. The summed E-state index contributed by atoms with van der Waals surface area (Å²) >= 11 is 0. The van der Waals surface area contributed by atoms with Gasteiger partial charge < -0.3 is 19.5 Å². The maximum atomic E-state index is 11.8. The van der Waals surface area contributed by atoms with Gasteiger partial charge in [-0.3, -0.25) is 9.69 Å². The van der Waals surface area contributed by atoms with Crippen LogP contribution in [0.25, 0.3) is 0 Å². The molecule has 1 aromatic rings. The van der Waals surface area contributed by atoms with E-state index in [9.17, 15) is 9.59 Å². The van der Waals surface area contributed by atoms with Crippen molar-refractivity contribution < 1.29 is 23.8 Å². The largest absolute Gasteiger partial charge is 0.493 e. The van der Waals surface area contributed by atoms with Gasteiger partial charge in [-0.2, -0.15) is 0 Å². The Morgan fingerprint density at radius 3 is 2.72 bits per heavy atom. The lowest BCUT2D eigenvalue weighted by Gasteiger charge is -2.39. The third kappa shape index (κ3) is 2.11. The van der Waals surface area contributed by atoms with E-state index in [0.29, 0.717) is 25.2 Å². The number of hydrogen-bond donors (Lipinski definition) is 1. The fourth-order valence-electron chi connectivity index (χ4n) is 4.09. The first-order chi connectivity index (χ1) is 12.1. The summed E-state index contributed by atoms with van der Waals surface area (Å²) in [6.45, 7) is 0.808. The number of carbonyl (C=O) groups excluding carboxylic acids is 2. The average molecular weight is 344 g/mol. The number of methoxy groups -OCH3 is 1. The fraction of sp³-hybridized carbons (Fsp3) is 0.556. The predicted octanol–water partition coefficient (Wildman–Crippen LogP) is 1.58. The topological polar surface area (TPSA) is 77.1 Å². The molecule has 4 aliphatic rings. The lowest BCUT2D eigenvalue weighted by Crippen LogP contribution is -2.51. The number of nitrogens with one attached hydrogen (secondary N) is 1. The second-order valence-corrected chi connectivity index (χ2v) is 7.33. The van der Waals surface area contributed by atoms with Crippen molar-refractivity contribution in [3.8, 4) is 17.2 Å². The molecule has 3 amide bonds. The lowest BCUT2D eigenvalue weighted by atomic mass is 9.87. The van der Waals surface area contributed by atoms with Gasteiger partial charge in [0.2, 0.25) is 5.91 Å². The second-order valence-electron chi connectivity index (χ2n) is 7.33. The number of hydrogen-bond acceptors (Lipinski definition) is 5.